The van der Waals surface area contributed by atoms with Gasteiger partial charge < -0.3 is 0 Å². The van der Waals surface area contributed by atoms with Crippen LogP contribution in [-0.2, 0) is 16.2 Å². The van der Waals surface area contributed by atoms with Gasteiger partial charge in [-0.15, -0.1) is 6.58 Å². The second-order valence-electron chi connectivity index (χ2n) is 16.3. The predicted molar refractivity (Wildman–Crippen MR) is 199 cm³/mol. The third-order valence-electron chi connectivity index (χ3n) is 10.8. The van der Waals surface area contributed by atoms with Crippen LogP contribution < -0.4 is 0 Å². The molecule has 0 saturated carbocycles. The first-order valence-corrected chi connectivity index (χ1v) is 17.2. The Morgan fingerprint density at radius 3 is 1.54 bits per heavy atom. The van der Waals surface area contributed by atoms with Crippen molar-refractivity contribution < 1.29 is 0 Å². The summed E-state index contributed by atoms with van der Waals surface area (Å²) in [7, 11) is 0. The van der Waals surface area contributed by atoms with Crippen molar-refractivity contribution in [2.45, 2.75) is 96.8 Å². The van der Waals surface area contributed by atoms with Gasteiger partial charge in [0.25, 0.3) is 0 Å². The van der Waals surface area contributed by atoms with Crippen molar-refractivity contribution >= 4 is 0 Å². The Morgan fingerprint density at radius 2 is 1.11 bits per heavy atom. The number of allylic oxidation sites excluding steroid dienone is 5. The van der Waals surface area contributed by atoms with Gasteiger partial charge in [0.15, 0.2) is 0 Å². The van der Waals surface area contributed by atoms with Gasteiger partial charge in [0, 0.05) is 5.92 Å². The fraction of sp³-hybridized carbons (Fsp3) is 0.348. The van der Waals surface area contributed by atoms with E-state index in [0.29, 0.717) is 0 Å². The smallest absolute Gasteiger partial charge is 0.0526 e. The molecule has 0 saturated heterocycles. The number of hydrogen-bond donors (Lipinski definition) is 0. The maximum absolute atomic E-state index is 4.03. The Morgan fingerprint density at radius 1 is 0.630 bits per heavy atom. The maximum atomic E-state index is 4.03. The van der Waals surface area contributed by atoms with E-state index in [1.807, 2.05) is 0 Å². The average molecular weight is 605 g/mol. The van der Waals surface area contributed by atoms with Crippen LogP contribution in [0.4, 0.5) is 0 Å². The van der Waals surface area contributed by atoms with Crippen molar-refractivity contribution in [2.24, 2.45) is 5.41 Å². The first-order chi connectivity index (χ1) is 21.8. The van der Waals surface area contributed by atoms with E-state index in [9.17, 15) is 0 Å². The van der Waals surface area contributed by atoms with Crippen LogP contribution in [0.5, 0.6) is 0 Å². The monoisotopic (exact) mass is 604 g/mol. The van der Waals surface area contributed by atoms with Gasteiger partial charge in [-0.2, -0.15) is 0 Å². The molecule has 0 heterocycles. The molecule has 0 aliphatic heterocycles. The fourth-order valence-corrected chi connectivity index (χ4v) is 8.00. The molecule has 0 bridgehead atoms. The molecule has 2 aliphatic carbocycles. The molecule has 0 heteroatoms. The minimum Gasteiger partial charge on any atom is -0.103 e. The highest BCUT2D eigenvalue weighted by atomic mass is 14.5. The van der Waals surface area contributed by atoms with Crippen LogP contribution in [-0.4, -0.2) is 0 Å². The zero-order valence-corrected chi connectivity index (χ0v) is 29.4. The van der Waals surface area contributed by atoms with Crippen LogP contribution in [0.25, 0.3) is 11.1 Å². The van der Waals surface area contributed by atoms with E-state index < -0.39 is 5.41 Å². The second kappa shape index (κ2) is 11.7. The summed E-state index contributed by atoms with van der Waals surface area (Å²) in [5.74, 6) is 0.113. The highest BCUT2D eigenvalue weighted by Crippen LogP contribution is 2.61. The van der Waals surface area contributed by atoms with Crippen LogP contribution in [0.1, 0.15) is 114 Å². The molecule has 0 N–H and O–H groups in total. The molecule has 2 aliphatic rings. The van der Waals surface area contributed by atoms with Crippen LogP contribution in [0.2, 0.25) is 0 Å². The Balaban J connectivity index is 1.73. The molecular formula is C46H52. The van der Waals surface area contributed by atoms with Crippen LogP contribution >= 0.6 is 0 Å². The summed E-state index contributed by atoms with van der Waals surface area (Å²) < 4.78 is 0. The molecular weight excluding hydrogens is 553 g/mol. The Labute approximate surface area is 279 Å². The highest BCUT2D eigenvalue weighted by molar-refractivity contribution is 5.83. The standard InChI is InChI=1S/C46H52/c1-10-11-28-45(8,9)36-22-23-37(29-36)46(32-18-14-12-15-19-32,33-20-16-13-17-21-33)42-40-30-34(43(2,3)4)24-26-38(40)39-27-25-35(31-41(39)42)44(5,6)7/h10,12-22,24-27,29-31,42H,1,11,23,28H2,2-9H3. The van der Waals surface area contributed by atoms with E-state index in [1.165, 1.54) is 55.7 Å². The molecule has 46 heavy (non-hydrogen) atoms. The zero-order valence-electron chi connectivity index (χ0n) is 29.4. The first kappa shape index (κ1) is 32.1. The SMILES string of the molecule is C=CCCC(C)(C)C1=CCC(C(c2ccccc2)(c2ccccc2)C2c3cc(C(C)(C)C)ccc3-c3ccc(C(C)(C)C)cc32)=C1. The van der Waals surface area contributed by atoms with Crippen LogP contribution in [0, 0.1) is 5.41 Å². The van der Waals surface area contributed by atoms with Gasteiger partial charge in [-0.05, 0) is 85.6 Å². The van der Waals surface area contributed by atoms with E-state index in [1.54, 1.807) is 0 Å². The fourth-order valence-electron chi connectivity index (χ4n) is 8.00. The summed E-state index contributed by atoms with van der Waals surface area (Å²) in [5.41, 5.74) is 13.8. The quantitative estimate of drug-likeness (QED) is 0.176. The average Bonchev–Trinajstić information content (AvgIpc) is 3.65. The van der Waals surface area contributed by atoms with Crippen molar-refractivity contribution in [3.05, 3.63) is 166 Å². The Hall–Kier alpha value is -3.90. The minimum atomic E-state index is -0.400. The van der Waals surface area contributed by atoms with Gasteiger partial charge >= 0.3 is 0 Å². The van der Waals surface area contributed by atoms with Gasteiger partial charge in [-0.3, -0.25) is 0 Å². The van der Waals surface area contributed by atoms with E-state index in [0.717, 1.165) is 19.3 Å². The summed E-state index contributed by atoms with van der Waals surface area (Å²) in [4.78, 5) is 0. The highest BCUT2D eigenvalue weighted by Gasteiger charge is 2.51. The van der Waals surface area contributed by atoms with Gasteiger partial charge in [0.05, 0.1) is 5.41 Å². The summed E-state index contributed by atoms with van der Waals surface area (Å²) in [6.45, 7) is 22.9. The molecule has 0 unspecified atom stereocenters. The van der Waals surface area contributed by atoms with Gasteiger partial charge in [-0.1, -0.05) is 176 Å². The third-order valence-corrected chi connectivity index (χ3v) is 10.8. The Bertz CT molecular complexity index is 1690. The molecule has 0 aromatic heterocycles. The summed E-state index contributed by atoms with van der Waals surface area (Å²) >= 11 is 0. The second-order valence-corrected chi connectivity index (χ2v) is 16.3. The first-order valence-electron chi connectivity index (χ1n) is 17.2. The topological polar surface area (TPSA) is 0 Å². The third kappa shape index (κ3) is 5.45. The molecule has 236 valence electrons. The summed E-state index contributed by atoms with van der Waals surface area (Å²) in [6, 6.07) is 37.5. The maximum Gasteiger partial charge on any atom is 0.0526 e. The summed E-state index contributed by atoms with van der Waals surface area (Å²) in [5, 5.41) is 0. The number of rotatable bonds is 8. The van der Waals surface area contributed by atoms with E-state index in [4.69, 9.17) is 0 Å². The van der Waals surface area contributed by atoms with Gasteiger partial charge in [-0.25, -0.2) is 0 Å². The number of fused-ring (bicyclic) bond motifs is 3. The van der Waals surface area contributed by atoms with Crippen molar-refractivity contribution in [1.29, 1.82) is 0 Å². The molecule has 0 fully saturated rings. The molecule has 0 spiro atoms. The normalized spacial score (nSPS) is 15.3. The molecule has 0 radical (unpaired) electrons. The van der Waals surface area contributed by atoms with Crippen LogP contribution in [0.3, 0.4) is 0 Å². The summed E-state index contributed by atoms with van der Waals surface area (Å²) in [6.07, 6.45) is 10.2. The predicted octanol–water partition coefficient (Wildman–Crippen LogP) is 12.6. The van der Waals surface area contributed by atoms with Crippen molar-refractivity contribution in [2.75, 3.05) is 0 Å². The van der Waals surface area contributed by atoms with Gasteiger partial charge in [0.2, 0.25) is 0 Å². The lowest BCUT2D eigenvalue weighted by molar-refractivity contribution is 0.422. The lowest BCUT2D eigenvalue weighted by Gasteiger charge is -2.44. The van der Waals surface area contributed by atoms with Crippen LogP contribution in [0.15, 0.2) is 133 Å². The largest absolute Gasteiger partial charge is 0.103 e. The van der Waals surface area contributed by atoms with Crippen molar-refractivity contribution in [3.63, 3.8) is 0 Å². The van der Waals surface area contributed by atoms with E-state index in [-0.39, 0.29) is 22.2 Å². The zero-order chi connectivity index (χ0) is 32.9. The van der Waals surface area contributed by atoms with E-state index in [2.05, 4.69) is 177 Å². The van der Waals surface area contributed by atoms with Crippen molar-refractivity contribution in [3.8, 4) is 11.1 Å². The lowest BCUT2D eigenvalue weighted by atomic mass is 9.58. The Kier molecular flexibility index (Phi) is 8.17. The van der Waals surface area contributed by atoms with Gasteiger partial charge in [0.1, 0.15) is 0 Å². The minimum absolute atomic E-state index is 0.0452. The lowest BCUT2D eigenvalue weighted by Crippen LogP contribution is -2.37. The van der Waals surface area contributed by atoms with Crippen molar-refractivity contribution in [1.82, 2.24) is 0 Å². The molecule has 4 aromatic rings. The molecule has 0 amide bonds. The number of benzene rings is 4. The molecule has 4 aromatic carbocycles. The number of hydrogen-bond acceptors (Lipinski definition) is 0. The molecule has 0 atom stereocenters. The van der Waals surface area contributed by atoms with E-state index >= 15 is 0 Å². The molecule has 6 rings (SSSR count). The molecule has 0 nitrogen and oxygen atoms in total.